The third-order valence-electron chi connectivity index (χ3n) is 2.65. The van der Waals surface area contributed by atoms with E-state index in [-0.39, 0.29) is 18.9 Å². The molecule has 0 aromatic carbocycles. The van der Waals surface area contributed by atoms with Crippen LogP contribution in [0.4, 0.5) is 8.78 Å². The van der Waals surface area contributed by atoms with E-state index in [1.54, 1.807) is 4.90 Å². The van der Waals surface area contributed by atoms with Gasteiger partial charge in [-0.2, -0.15) is 0 Å². The lowest BCUT2D eigenvalue weighted by Gasteiger charge is -2.16. The van der Waals surface area contributed by atoms with Crippen molar-refractivity contribution in [2.24, 2.45) is 0 Å². The highest BCUT2D eigenvalue weighted by molar-refractivity contribution is 5.76. The van der Waals surface area contributed by atoms with Crippen molar-refractivity contribution in [1.82, 2.24) is 10.2 Å². The van der Waals surface area contributed by atoms with Gasteiger partial charge in [-0.15, -0.1) is 0 Å². The van der Waals surface area contributed by atoms with Crippen molar-refractivity contribution in [3.05, 3.63) is 0 Å². The van der Waals surface area contributed by atoms with Crippen LogP contribution in [0.2, 0.25) is 0 Å². The van der Waals surface area contributed by atoms with Crippen LogP contribution >= 0.6 is 0 Å². The molecule has 1 aliphatic heterocycles. The molecule has 0 aliphatic carbocycles. The zero-order valence-corrected chi connectivity index (χ0v) is 9.42. The van der Waals surface area contributed by atoms with Crippen LogP contribution < -0.4 is 5.32 Å². The molecule has 1 fully saturated rings. The zero-order valence-electron chi connectivity index (χ0n) is 9.42. The molecule has 0 aromatic rings. The van der Waals surface area contributed by atoms with Crippen molar-refractivity contribution < 1.29 is 18.3 Å². The van der Waals surface area contributed by atoms with Crippen LogP contribution in [0.3, 0.4) is 0 Å². The summed E-state index contributed by atoms with van der Waals surface area (Å²) in [5.74, 6) is -0.0213. The highest BCUT2D eigenvalue weighted by Gasteiger charge is 2.24. The van der Waals surface area contributed by atoms with Gasteiger partial charge in [0.2, 0.25) is 5.91 Å². The Bertz CT molecular complexity index is 227. The molecule has 1 rings (SSSR count). The fourth-order valence-electron chi connectivity index (χ4n) is 1.71. The van der Waals surface area contributed by atoms with Crippen LogP contribution in [0.1, 0.15) is 12.8 Å². The monoisotopic (exact) mass is 236 g/mol. The predicted octanol–water partition coefficient (Wildman–Crippen LogP) is 0.478. The first-order valence-electron chi connectivity index (χ1n) is 5.44. The Morgan fingerprint density at radius 2 is 2.38 bits per heavy atom. The molecule has 1 saturated heterocycles. The molecule has 94 valence electrons. The molecule has 1 atom stereocenters. The van der Waals surface area contributed by atoms with E-state index in [9.17, 15) is 13.6 Å². The first kappa shape index (κ1) is 13.3. The molecule has 0 spiro atoms. The second kappa shape index (κ2) is 6.75. The van der Waals surface area contributed by atoms with Gasteiger partial charge in [-0.1, -0.05) is 0 Å². The minimum Gasteiger partial charge on any atom is -0.375 e. The Morgan fingerprint density at radius 3 is 2.94 bits per heavy atom. The van der Waals surface area contributed by atoms with E-state index in [1.165, 1.54) is 0 Å². The molecular formula is C10H18F2N2O2. The number of ether oxygens (including phenoxy) is 1. The van der Waals surface area contributed by atoms with Crippen molar-refractivity contribution >= 4 is 5.91 Å². The molecule has 1 amide bonds. The van der Waals surface area contributed by atoms with Gasteiger partial charge in [-0.3, -0.25) is 4.79 Å². The summed E-state index contributed by atoms with van der Waals surface area (Å²) in [6, 6.07) is 0.353. The Labute approximate surface area is 93.9 Å². The van der Waals surface area contributed by atoms with E-state index in [4.69, 9.17) is 0 Å². The average molecular weight is 236 g/mol. The summed E-state index contributed by atoms with van der Waals surface area (Å²) >= 11 is 0. The smallest absolute Gasteiger partial charge is 0.261 e. The van der Waals surface area contributed by atoms with Crippen LogP contribution in [0.25, 0.3) is 0 Å². The molecule has 1 aliphatic rings. The topological polar surface area (TPSA) is 41.6 Å². The van der Waals surface area contributed by atoms with Gasteiger partial charge < -0.3 is 15.0 Å². The largest absolute Gasteiger partial charge is 0.375 e. The highest BCUT2D eigenvalue weighted by atomic mass is 19.3. The molecule has 6 heteroatoms. The molecular weight excluding hydrogens is 218 g/mol. The third-order valence-corrected chi connectivity index (χ3v) is 2.65. The predicted molar refractivity (Wildman–Crippen MR) is 55.5 cm³/mol. The van der Waals surface area contributed by atoms with Gasteiger partial charge in [0.05, 0.1) is 13.0 Å². The molecule has 4 nitrogen and oxygen atoms in total. The number of nitrogens with zero attached hydrogens (tertiary/aromatic N) is 1. The molecule has 0 aromatic heterocycles. The summed E-state index contributed by atoms with van der Waals surface area (Å²) in [6.07, 6.45) is -1.33. The first-order chi connectivity index (χ1) is 7.63. The Kier molecular flexibility index (Phi) is 5.62. The maximum atomic E-state index is 11.7. The van der Waals surface area contributed by atoms with Crippen LogP contribution in [0, 0.1) is 0 Å². The number of likely N-dealkylation sites (tertiary alicyclic amines) is 1. The number of hydrogen-bond donors (Lipinski definition) is 1. The minimum atomic E-state index is -2.46. The number of nitrogens with one attached hydrogen (secondary N) is 1. The number of rotatable bonds is 6. The summed E-state index contributed by atoms with van der Waals surface area (Å²) in [6.45, 7) is 0.916. The van der Waals surface area contributed by atoms with Gasteiger partial charge >= 0.3 is 0 Å². The first-order valence-corrected chi connectivity index (χ1v) is 5.44. The summed E-state index contributed by atoms with van der Waals surface area (Å²) in [5.41, 5.74) is 0. The minimum absolute atomic E-state index is 0.0213. The van der Waals surface area contributed by atoms with Crippen LogP contribution in [-0.4, -0.2) is 56.6 Å². The van der Waals surface area contributed by atoms with E-state index < -0.39 is 13.0 Å². The van der Waals surface area contributed by atoms with Gasteiger partial charge in [0.15, 0.2) is 0 Å². The quantitative estimate of drug-likeness (QED) is 0.682. The van der Waals surface area contributed by atoms with E-state index in [1.807, 2.05) is 7.05 Å². The highest BCUT2D eigenvalue weighted by Crippen LogP contribution is 2.10. The summed E-state index contributed by atoms with van der Waals surface area (Å²) < 4.78 is 28.1. The number of amides is 1. The van der Waals surface area contributed by atoms with Gasteiger partial charge in [0, 0.05) is 19.1 Å². The van der Waals surface area contributed by atoms with Gasteiger partial charge in [-0.25, -0.2) is 8.78 Å². The Balaban J connectivity index is 2.11. The molecule has 16 heavy (non-hydrogen) atoms. The number of carbonyl (C=O) groups excluding carboxylic acids is 1. The lowest BCUT2D eigenvalue weighted by Crippen LogP contribution is -2.33. The van der Waals surface area contributed by atoms with E-state index in [2.05, 4.69) is 10.1 Å². The number of carbonyl (C=O) groups is 1. The van der Waals surface area contributed by atoms with Crippen molar-refractivity contribution in [2.45, 2.75) is 25.3 Å². The number of alkyl halides is 2. The molecule has 1 N–H and O–H groups in total. The molecule has 0 radical (unpaired) electrons. The van der Waals surface area contributed by atoms with E-state index in [0.717, 1.165) is 13.0 Å². The second-order valence-corrected chi connectivity index (χ2v) is 3.83. The average Bonchev–Trinajstić information content (AvgIpc) is 2.72. The summed E-state index contributed by atoms with van der Waals surface area (Å²) in [7, 11) is 1.87. The van der Waals surface area contributed by atoms with Gasteiger partial charge in [-0.05, 0) is 13.5 Å². The number of halogens is 2. The van der Waals surface area contributed by atoms with Crippen LogP contribution in [-0.2, 0) is 9.53 Å². The summed E-state index contributed by atoms with van der Waals surface area (Å²) in [4.78, 5) is 13.3. The van der Waals surface area contributed by atoms with Gasteiger partial charge in [0.25, 0.3) is 6.43 Å². The molecule has 0 bridgehead atoms. The SMILES string of the molecule is CNC1CCN(C(=O)CCOCC(F)F)C1. The molecule has 0 saturated carbocycles. The van der Waals surface area contributed by atoms with Crippen molar-refractivity contribution in [2.75, 3.05) is 33.4 Å². The van der Waals surface area contributed by atoms with Crippen molar-refractivity contribution in [3.8, 4) is 0 Å². The molecule has 1 heterocycles. The number of hydrogen-bond acceptors (Lipinski definition) is 3. The van der Waals surface area contributed by atoms with Crippen LogP contribution in [0.5, 0.6) is 0 Å². The Hall–Kier alpha value is -0.750. The third kappa shape index (κ3) is 4.40. The molecule has 1 unspecified atom stereocenters. The fourth-order valence-corrected chi connectivity index (χ4v) is 1.71. The normalized spacial score (nSPS) is 20.8. The maximum Gasteiger partial charge on any atom is 0.261 e. The van der Waals surface area contributed by atoms with Crippen LogP contribution in [0.15, 0.2) is 0 Å². The maximum absolute atomic E-state index is 11.7. The second-order valence-electron chi connectivity index (χ2n) is 3.83. The summed E-state index contributed by atoms with van der Waals surface area (Å²) in [5, 5.41) is 3.11. The van der Waals surface area contributed by atoms with E-state index in [0.29, 0.717) is 12.6 Å². The lowest BCUT2D eigenvalue weighted by molar-refractivity contribution is -0.131. The van der Waals surface area contributed by atoms with Crippen molar-refractivity contribution in [3.63, 3.8) is 0 Å². The lowest BCUT2D eigenvalue weighted by atomic mass is 10.3. The van der Waals surface area contributed by atoms with Crippen molar-refractivity contribution in [1.29, 1.82) is 0 Å². The fraction of sp³-hybridized carbons (Fsp3) is 0.900. The standard InChI is InChI=1S/C10H18F2N2O2/c1-13-8-2-4-14(6-8)10(15)3-5-16-7-9(11)12/h8-9,13H,2-7H2,1H3. The van der Waals surface area contributed by atoms with E-state index >= 15 is 0 Å². The Morgan fingerprint density at radius 1 is 1.62 bits per heavy atom. The zero-order chi connectivity index (χ0) is 12.0. The number of likely N-dealkylation sites (N-methyl/N-ethyl adjacent to an activating group) is 1. The van der Waals surface area contributed by atoms with Gasteiger partial charge in [0.1, 0.15) is 6.61 Å².